The summed E-state index contributed by atoms with van der Waals surface area (Å²) in [5.41, 5.74) is 3.37. The maximum Gasteiger partial charge on any atom is 0.213 e. The molecule has 0 aliphatic heterocycles. The average molecular weight is 233 g/mol. The second-order valence-corrected chi connectivity index (χ2v) is 3.16. The highest BCUT2D eigenvalue weighted by atomic mass is 16.5. The monoisotopic (exact) mass is 233 g/mol. The van der Waals surface area contributed by atoms with E-state index in [1.807, 2.05) is 11.5 Å². The Kier molecular flexibility index (Phi) is 3.72. The molecular formula is C11H11N3O3. The fourth-order valence-electron chi connectivity index (χ4n) is 1.17. The molecule has 0 saturated carbocycles. The number of hydroxylamine groups is 1. The predicted molar refractivity (Wildman–Crippen MR) is 60.4 cm³/mol. The molecule has 0 unspecified atom stereocenters. The van der Waals surface area contributed by atoms with Crippen LogP contribution in [0.5, 0.6) is 5.88 Å². The molecule has 2 heterocycles. The summed E-state index contributed by atoms with van der Waals surface area (Å²) in [7, 11) is 0. The number of hydrogen-bond acceptors (Lipinski definition) is 5. The van der Waals surface area contributed by atoms with Crippen molar-refractivity contribution in [3.63, 3.8) is 0 Å². The SMILES string of the molecule is ONC=Nc1ccc(OCc2ccoc2)nc1. The summed E-state index contributed by atoms with van der Waals surface area (Å²) in [6, 6.07) is 5.25. The maximum absolute atomic E-state index is 8.32. The molecule has 17 heavy (non-hydrogen) atoms. The van der Waals surface area contributed by atoms with Crippen molar-refractivity contribution in [2.75, 3.05) is 0 Å². The molecule has 0 aromatic carbocycles. The third-order valence-corrected chi connectivity index (χ3v) is 1.96. The molecule has 6 heteroatoms. The lowest BCUT2D eigenvalue weighted by molar-refractivity contribution is 0.240. The summed E-state index contributed by atoms with van der Waals surface area (Å²) in [5.74, 6) is 0.502. The highest BCUT2D eigenvalue weighted by molar-refractivity contribution is 5.59. The Labute approximate surface area is 97.5 Å². The Morgan fingerprint density at radius 3 is 3.06 bits per heavy atom. The zero-order valence-corrected chi connectivity index (χ0v) is 8.91. The van der Waals surface area contributed by atoms with Crippen molar-refractivity contribution in [2.45, 2.75) is 6.61 Å². The highest BCUT2D eigenvalue weighted by Crippen LogP contribution is 2.15. The minimum absolute atomic E-state index is 0.407. The standard InChI is InChI=1S/C11H11N3O3/c15-14-8-13-10-1-2-11(12-5-10)17-7-9-3-4-16-6-9/h1-6,8,15H,7H2,(H,13,14). The molecule has 2 aromatic rings. The zero-order chi connectivity index (χ0) is 11.9. The Morgan fingerprint density at radius 2 is 2.41 bits per heavy atom. The van der Waals surface area contributed by atoms with E-state index in [0.717, 1.165) is 11.9 Å². The molecule has 2 aromatic heterocycles. The quantitative estimate of drug-likeness (QED) is 0.468. The van der Waals surface area contributed by atoms with E-state index in [0.29, 0.717) is 18.2 Å². The molecule has 0 spiro atoms. The van der Waals surface area contributed by atoms with E-state index in [2.05, 4.69) is 9.98 Å². The number of pyridine rings is 1. The Balaban J connectivity index is 1.91. The minimum Gasteiger partial charge on any atom is -0.473 e. The van der Waals surface area contributed by atoms with Gasteiger partial charge in [-0.1, -0.05) is 0 Å². The Hall–Kier alpha value is -2.34. The molecule has 0 fully saturated rings. The van der Waals surface area contributed by atoms with Crippen LogP contribution in [0.2, 0.25) is 0 Å². The van der Waals surface area contributed by atoms with E-state index >= 15 is 0 Å². The van der Waals surface area contributed by atoms with Crippen molar-refractivity contribution in [3.8, 4) is 5.88 Å². The van der Waals surface area contributed by atoms with Crippen molar-refractivity contribution in [1.82, 2.24) is 10.5 Å². The largest absolute Gasteiger partial charge is 0.473 e. The summed E-state index contributed by atoms with van der Waals surface area (Å²) in [6.45, 7) is 0.407. The van der Waals surface area contributed by atoms with E-state index < -0.39 is 0 Å². The fourth-order valence-corrected chi connectivity index (χ4v) is 1.17. The second kappa shape index (κ2) is 5.66. The van der Waals surface area contributed by atoms with Gasteiger partial charge in [-0.05, 0) is 12.1 Å². The number of hydrogen-bond donors (Lipinski definition) is 2. The van der Waals surface area contributed by atoms with E-state index in [1.165, 1.54) is 0 Å². The maximum atomic E-state index is 8.32. The van der Waals surface area contributed by atoms with Crippen molar-refractivity contribution in [3.05, 3.63) is 42.5 Å². The van der Waals surface area contributed by atoms with Crippen LogP contribution in [0.4, 0.5) is 5.69 Å². The molecule has 0 bridgehead atoms. The molecule has 0 amide bonds. The van der Waals surface area contributed by atoms with Crippen LogP contribution < -0.4 is 10.2 Å². The van der Waals surface area contributed by atoms with Crippen LogP contribution in [0.15, 0.2) is 46.3 Å². The number of nitrogens with one attached hydrogen (secondary N) is 1. The summed E-state index contributed by atoms with van der Waals surface area (Å²) in [4.78, 5) is 7.91. The van der Waals surface area contributed by atoms with Gasteiger partial charge in [0.2, 0.25) is 5.88 Å². The average Bonchev–Trinajstić information content (AvgIpc) is 2.88. The van der Waals surface area contributed by atoms with E-state index in [-0.39, 0.29) is 0 Å². The lowest BCUT2D eigenvalue weighted by Crippen LogP contribution is -2.01. The van der Waals surface area contributed by atoms with Gasteiger partial charge in [0.05, 0.1) is 24.4 Å². The van der Waals surface area contributed by atoms with Crippen LogP contribution in [0.3, 0.4) is 0 Å². The molecule has 0 radical (unpaired) electrons. The molecular weight excluding hydrogens is 222 g/mol. The van der Waals surface area contributed by atoms with E-state index in [4.69, 9.17) is 14.4 Å². The fraction of sp³-hybridized carbons (Fsp3) is 0.0909. The van der Waals surface area contributed by atoms with Gasteiger partial charge in [-0.25, -0.2) is 9.98 Å². The first-order valence-electron chi connectivity index (χ1n) is 4.90. The normalized spacial score (nSPS) is 10.6. The number of aliphatic imine (C=N–C) groups is 1. The summed E-state index contributed by atoms with van der Waals surface area (Å²) in [6.07, 6.45) is 5.90. The van der Waals surface area contributed by atoms with Gasteiger partial charge in [0.25, 0.3) is 0 Å². The topological polar surface area (TPSA) is 79.9 Å². The predicted octanol–water partition coefficient (Wildman–Crippen LogP) is 1.89. The minimum atomic E-state index is 0.407. The third-order valence-electron chi connectivity index (χ3n) is 1.96. The lowest BCUT2D eigenvalue weighted by Gasteiger charge is -2.02. The zero-order valence-electron chi connectivity index (χ0n) is 8.91. The van der Waals surface area contributed by atoms with Crippen molar-refractivity contribution in [2.24, 2.45) is 4.99 Å². The van der Waals surface area contributed by atoms with Crippen LogP contribution >= 0.6 is 0 Å². The molecule has 0 aliphatic carbocycles. The Bertz CT molecular complexity index is 465. The van der Waals surface area contributed by atoms with Crippen LogP contribution in [-0.2, 0) is 6.61 Å². The number of nitrogens with zero attached hydrogens (tertiary/aromatic N) is 2. The molecule has 2 rings (SSSR count). The summed E-state index contributed by atoms with van der Waals surface area (Å²) >= 11 is 0. The molecule has 0 saturated heterocycles. The molecule has 2 N–H and O–H groups in total. The van der Waals surface area contributed by atoms with Crippen LogP contribution in [0.25, 0.3) is 0 Å². The number of aromatic nitrogens is 1. The van der Waals surface area contributed by atoms with Crippen molar-refractivity contribution < 1.29 is 14.4 Å². The third kappa shape index (κ3) is 3.32. The van der Waals surface area contributed by atoms with Gasteiger partial charge < -0.3 is 9.15 Å². The van der Waals surface area contributed by atoms with E-state index in [9.17, 15) is 0 Å². The summed E-state index contributed by atoms with van der Waals surface area (Å²) in [5, 5.41) is 8.32. The van der Waals surface area contributed by atoms with Gasteiger partial charge in [0.1, 0.15) is 12.9 Å². The molecule has 0 atom stereocenters. The van der Waals surface area contributed by atoms with Gasteiger partial charge in [0, 0.05) is 11.6 Å². The van der Waals surface area contributed by atoms with Crippen LogP contribution in [-0.4, -0.2) is 16.5 Å². The first-order valence-corrected chi connectivity index (χ1v) is 4.90. The number of rotatable bonds is 5. The second-order valence-electron chi connectivity index (χ2n) is 3.16. The molecule has 6 nitrogen and oxygen atoms in total. The number of furan rings is 1. The first-order chi connectivity index (χ1) is 8.38. The van der Waals surface area contributed by atoms with Crippen LogP contribution in [0, 0.1) is 0 Å². The van der Waals surface area contributed by atoms with Gasteiger partial charge >= 0.3 is 0 Å². The van der Waals surface area contributed by atoms with Crippen LogP contribution in [0.1, 0.15) is 5.56 Å². The number of ether oxygens (including phenoxy) is 1. The van der Waals surface area contributed by atoms with Gasteiger partial charge in [-0.2, -0.15) is 0 Å². The molecule has 88 valence electrons. The lowest BCUT2D eigenvalue weighted by atomic mass is 10.4. The van der Waals surface area contributed by atoms with E-state index in [1.54, 1.807) is 30.9 Å². The highest BCUT2D eigenvalue weighted by Gasteiger charge is 1.98. The van der Waals surface area contributed by atoms with Gasteiger partial charge in [-0.3, -0.25) is 10.7 Å². The van der Waals surface area contributed by atoms with Gasteiger partial charge in [-0.15, -0.1) is 0 Å². The smallest absolute Gasteiger partial charge is 0.213 e. The Morgan fingerprint density at radius 1 is 1.47 bits per heavy atom. The van der Waals surface area contributed by atoms with Crippen molar-refractivity contribution in [1.29, 1.82) is 0 Å². The van der Waals surface area contributed by atoms with Gasteiger partial charge in [0.15, 0.2) is 0 Å². The first kappa shape index (κ1) is 11.2. The van der Waals surface area contributed by atoms with Crippen molar-refractivity contribution >= 4 is 12.0 Å². The molecule has 0 aliphatic rings. The summed E-state index contributed by atoms with van der Waals surface area (Å²) < 4.78 is 10.3.